The lowest BCUT2D eigenvalue weighted by Gasteiger charge is -2.40. The highest BCUT2D eigenvalue weighted by Crippen LogP contribution is 2.23. The Balaban J connectivity index is 2.39. The van der Waals surface area contributed by atoms with Gasteiger partial charge in [0.05, 0.1) is 25.4 Å². The van der Waals surface area contributed by atoms with Gasteiger partial charge in [-0.1, -0.05) is 191 Å². The van der Waals surface area contributed by atoms with E-state index in [0.717, 1.165) is 25.7 Å². The molecule has 0 aromatic carbocycles. The van der Waals surface area contributed by atoms with E-state index in [1.54, 1.807) is 6.08 Å². The minimum Gasteiger partial charge on any atom is -0.394 e. The third-order valence-electron chi connectivity index (χ3n) is 12.3. The smallest absolute Gasteiger partial charge is 0.249 e. The summed E-state index contributed by atoms with van der Waals surface area (Å²) in [5.41, 5.74) is 0. The van der Waals surface area contributed by atoms with Gasteiger partial charge in [-0.05, 0) is 64.2 Å². The second-order valence-electron chi connectivity index (χ2n) is 18.2. The molecule has 9 atom stereocenters. The van der Waals surface area contributed by atoms with Crippen LogP contribution < -0.4 is 5.32 Å². The Morgan fingerprint density at radius 1 is 0.562 bits per heavy atom. The van der Waals surface area contributed by atoms with E-state index in [1.807, 2.05) is 6.08 Å². The number of carbonyl (C=O) groups excluding carboxylic acids is 1. The van der Waals surface area contributed by atoms with Crippen molar-refractivity contribution in [2.45, 2.75) is 268 Å². The van der Waals surface area contributed by atoms with Crippen LogP contribution in [0.3, 0.4) is 0 Å². The largest absolute Gasteiger partial charge is 0.394 e. The summed E-state index contributed by atoms with van der Waals surface area (Å²) < 4.78 is 11.1. The fraction of sp³-hybridized carbons (Fsp3) is 0.830. The summed E-state index contributed by atoms with van der Waals surface area (Å²) in [5.74, 6) is -0.779. The van der Waals surface area contributed by atoms with E-state index in [9.17, 15) is 40.5 Å². The molecule has 1 rings (SSSR count). The maximum atomic E-state index is 13.0. The second-order valence-corrected chi connectivity index (χ2v) is 18.2. The van der Waals surface area contributed by atoms with Crippen molar-refractivity contribution in [3.63, 3.8) is 0 Å². The van der Waals surface area contributed by atoms with Crippen LogP contribution in [0.4, 0.5) is 0 Å². The van der Waals surface area contributed by atoms with Gasteiger partial charge in [-0.3, -0.25) is 4.79 Å². The van der Waals surface area contributed by atoms with Crippen LogP contribution in [0, 0.1) is 0 Å². The number of hydrogen-bond donors (Lipinski definition) is 8. The van der Waals surface area contributed by atoms with Crippen LogP contribution in [0.15, 0.2) is 48.6 Å². The molecule has 1 saturated heterocycles. The molecule has 1 heterocycles. The van der Waals surface area contributed by atoms with Crippen LogP contribution in [0.1, 0.15) is 213 Å². The molecule has 0 aromatic heterocycles. The van der Waals surface area contributed by atoms with Crippen LogP contribution in [0.5, 0.6) is 0 Å². The van der Waals surface area contributed by atoms with Crippen molar-refractivity contribution in [1.29, 1.82) is 0 Å². The summed E-state index contributed by atoms with van der Waals surface area (Å²) in [4.78, 5) is 13.0. The van der Waals surface area contributed by atoms with E-state index >= 15 is 0 Å². The van der Waals surface area contributed by atoms with Gasteiger partial charge in [0, 0.05) is 6.42 Å². The number of amides is 1. The SMILES string of the molecule is CCCCCCCC/C=C\C/C=C\CC(O)C(=O)NC(COC1OC(CO)C(O)C(O)C1O)C(O)C(O)CCC/C=C/CC/C=C/CCCCCCCCCCCCCCCCCC. The first-order chi connectivity index (χ1) is 31.2. The quantitative estimate of drug-likeness (QED) is 0.0216. The van der Waals surface area contributed by atoms with Crippen molar-refractivity contribution < 1.29 is 50.0 Å². The van der Waals surface area contributed by atoms with E-state index in [1.165, 1.54) is 141 Å². The number of hydrogen-bond acceptors (Lipinski definition) is 10. The molecule has 1 aliphatic heterocycles. The van der Waals surface area contributed by atoms with Crippen LogP contribution in [0.2, 0.25) is 0 Å². The Morgan fingerprint density at radius 3 is 1.50 bits per heavy atom. The van der Waals surface area contributed by atoms with Gasteiger partial charge in [0.15, 0.2) is 6.29 Å². The molecule has 0 aliphatic carbocycles. The van der Waals surface area contributed by atoms with Gasteiger partial charge < -0.3 is 50.5 Å². The number of rotatable bonds is 43. The molecule has 0 spiro atoms. The Bertz CT molecular complexity index is 1180. The minimum absolute atomic E-state index is 0.0394. The minimum atomic E-state index is -1.68. The lowest BCUT2D eigenvalue weighted by Crippen LogP contribution is -2.60. The first-order valence-electron chi connectivity index (χ1n) is 26.0. The van der Waals surface area contributed by atoms with Crippen LogP contribution >= 0.6 is 0 Å². The van der Waals surface area contributed by atoms with Crippen LogP contribution in [-0.4, -0.2) is 110 Å². The van der Waals surface area contributed by atoms with Crippen molar-refractivity contribution in [2.75, 3.05) is 13.2 Å². The number of ether oxygens (including phenoxy) is 2. The molecule has 1 aliphatic rings. The van der Waals surface area contributed by atoms with Crippen molar-refractivity contribution in [3.8, 4) is 0 Å². The average molecular weight is 908 g/mol. The predicted molar refractivity (Wildman–Crippen MR) is 261 cm³/mol. The van der Waals surface area contributed by atoms with E-state index < -0.39 is 74.2 Å². The Kier molecular flexibility index (Phi) is 39.8. The molecule has 374 valence electrons. The van der Waals surface area contributed by atoms with Gasteiger partial charge in [0.25, 0.3) is 0 Å². The summed E-state index contributed by atoms with van der Waals surface area (Å²) in [6.45, 7) is 3.37. The van der Waals surface area contributed by atoms with Crippen molar-refractivity contribution >= 4 is 5.91 Å². The highest BCUT2D eigenvalue weighted by molar-refractivity contribution is 5.81. The molecule has 0 bridgehead atoms. The molecule has 0 aromatic rings. The van der Waals surface area contributed by atoms with E-state index in [0.29, 0.717) is 19.3 Å². The maximum Gasteiger partial charge on any atom is 0.249 e. The number of nitrogens with one attached hydrogen (secondary N) is 1. The van der Waals surface area contributed by atoms with E-state index in [4.69, 9.17) is 9.47 Å². The molecular formula is C53H97NO10. The highest BCUT2D eigenvalue weighted by Gasteiger charge is 2.44. The van der Waals surface area contributed by atoms with E-state index in [2.05, 4.69) is 55.6 Å². The van der Waals surface area contributed by atoms with Gasteiger partial charge in [0.1, 0.15) is 36.6 Å². The lowest BCUT2D eigenvalue weighted by atomic mass is 9.99. The number of unbranched alkanes of at least 4 members (excludes halogenated alkanes) is 24. The third kappa shape index (κ3) is 31.1. The van der Waals surface area contributed by atoms with Gasteiger partial charge in [-0.2, -0.15) is 0 Å². The molecule has 1 amide bonds. The predicted octanol–water partition coefficient (Wildman–Crippen LogP) is 9.73. The zero-order valence-electron chi connectivity index (χ0n) is 40.5. The van der Waals surface area contributed by atoms with Gasteiger partial charge in [-0.25, -0.2) is 0 Å². The summed E-state index contributed by atoms with van der Waals surface area (Å²) in [5, 5.41) is 75.6. The van der Waals surface area contributed by atoms with Gasteiger partial charge in [-0.15, -0.1) is 0 Å². The normalized spacial score (nSPS) is 21.4. The number of aliphatic hydroxyl groups excluding tert-OH is 7. The molecule has 64 heavy (non-hydrogen) atoms. The molecule has 0 radical (unpaired) electrons. The number of allylic oxidation sites excluding steroid dienone is 7. The summed E-state index contributed by atoms with van der Waals surface area (Å²) in [6, 6.07) is -1.22. The highest BCUT2D eigenvalue weighted by atomic mass is 16.7. The average Bonchev–Trinajstić information content (AvgIpc) is 3.29. The van der Waals surface area contributed by atoms with Crippen molar-refractivity contribution in [2.24, 2.45) is 0 Å². The zero-order chi connectivity index (χ0) is 46.9. The molecule has 11 heteroatoms. The zero-order valence-corrected chi connectivity index (χ0v) is 40.5. The topological polar surface area (TPSA) is 189 Å². The number of carbonyl (C=O) groups is 1. The summed E-state index contributed by atoms with van der Waals surface area (Å²) in [7, 11) is 0. The Hall–Kier alpha value is -1.93. The maximum absolute atomic E-state index is 13.0. The molecule has 11 nitrogen and oxygen atoms in total. The van der Waals surface area contributed by atoms with Gasteiger partial charge >= 0.3 is 0 Å². The standard InChI is InChI=1S/C53H97NO10/c1-3-5-7-9-11-13-15-17-18-19-20-21-22-23-24-25-26-27-28-29-31-32-34-36-38-40-45(56)48(58)44(43-63-53-51(61)50(60)49(59)47(42-55)64-53)54-52(62)46(57)41-39-37-35-33-30-16-14-12-10-8-6-4-2/h27-28,30,32-34,37,39,44-51,53,55-61H,3-26,29,31,35-36,38,40-43H2,1-2H3,(H,54,62)/b28-27+,33-30-,34-32+,39-37-. The fourth-order valence-corrected chi connectivity index (χ4v) is 8.03. The van der Waals surface area contributed by atoms with Crippen molar-refractivity contribution in [3.05, 3.63) is 48.6 Å². The lowest BCUT2D eigenvalue weighted by molar-refractivity contribution is -0.303. The summed E-state index contributed by atoms with van der Waals surface area (Å²) >= 11 is 0. The first-order valence-corrected chi connectivity index (χ1v) is 26.0. The molecule has 8 N–H and O–H groups in total. The molecule has 1 fully saturated rings. The Morgan fingerprint density at radius 2 is 1.00 bits per heavy atom. The first kappa shape index (κ1) is 60.1. The summed E-state index contributed by atoms with van der Waals surface area (Å²) in [6.07, 6.45) is 40.6. The third-order valence-corrected chi connectivity index (χ3v) is 12.3. The van der Waals surface area contributed by atoms with Crippen LogP contribution in [-0.2, 0) is 14.3 Å². The molecule has 0 saturated carbocycles. The Labute approximate surface area is 389 Å². The second kappa shape index (κ2) is 42.4. The monoisotopic (exact) mass is 908 g/mol. The van der Waals surface area contributed by atoms with Gasteiger partial charge in [0.2, 0.25) is 5.91 Å². The van der Waals surface area contributed by atoms with E-state index in [-0.39, 0.29) is 12.8 Å². The molecule has 9 unspecified atom stereocenters. The fourth-order valence-electron chi connectivity index (χ4n) is 8.03. The molecular weight excluding hydrogens is 811 g/mol. The number of aliphatic hydroxyl groups is 7. The van der Waals surface area contributed by atoms with Crippen LogP contribution in [0.25, 0.3) is 0 Å². The van der Waals surface area contributed by atoms with Crippen molar-refractivity contribution in [1.82, 2.24) is 5.32 Å².